The predicted octanol–water partition coefficient (Wildman–Crippen LogP) is 3.15. The largest absolute Gasteiger partial charge is 0.347 e. The quantitative estimate of drug-likeness (QED) is 0.165. The third-order valence-electron chi connectivity index (χ3n) is 4.59. The van der Waals surface area contributed by atoms with E-state index in [1.165, 1.54) is 33.3 Å². The number of carbonyl (C=O) groups excluding carboxylic acids is 2. The summed E-state index contributed by atoms with van der Waals surface area (Å²) in [5.74, 6) is -0.0374. The van der Waals surface area contributed by atoms with Gasteiger partial charge in [0.1, 0.15) is 0 Å². The Kier molecular flexibility index (Phi) is 10.8. The average Bonchev–Trinajstić information content (AvgIpc) is 3.16. The summed E-state index contributed by atoms with van der Waals surface area (Å²) in [4.78, 5) is 28.0. The molecule has 10 nitrogen and oxygen atoms in total. The molecule has 2 saturated heterocycles. The Morgan fingerprint density at radius 2 is 1.73 bits per heavy atom. The molecule has 2 fully saturated rings. The first-order valence-corrected chi connectivity index (χ1v) is 14.4. The lowest BCUT2D eigenvalue weighted by Gasteiger charge is -2.34. The fourth-order valence-corrected chi connectivity index (χ4v) is 7.62. The van der Waals surface area contributed by atoms with Gasteiger partial charge in [-0.15, -0.1) is 33.4 Å². The number of halogens is 2. The molecule has 2 amide bonds. The zero-order valence-electron chi connectivity index (χ0n) is 19.2. The zero-order chi connectivity index (χ0) is 24.9. The van der Waals surface area contributed by atoms with Crippen molar-refractivity contribution in [1.29, 1.82) is 0 Å². The highest BCUT2D eigenvalue weighted by Crippen LogP contribution is 2.55. The van der Waals surface area contributed by atoms with Crippen molar-refractivity contribution in [2.24, 2.45) is 10.2 Å². The standard InChI is InChI=1S/C18H29Cl2N6O4PS2/c1-12(2)11-26-14(27)13(3)32-18(26)22-21-17-24(6)15(28)16(33-17)30-31(29,23(4)5)25(9-7-19)10-8-20/h13,16H,1,7-11H2,2-6H3. The van der Waals surface area contributed by atoms with Gasteiger partial charge in [-0.3, -0.25) is 28.5 Å². The van der Waals surface area contributed by atoms with Crippen LogP contribution in [0.1, 0.15) is 13.8 Å². The van der Waals surface area contributed by atoms with Crippen LogP contribution in [-0.2, 0) is 18.7 Å². The third kappa shape index (κ3) is 6.76. The average molecular weight is 559 g/mol. The number of alkyl halides is 2. The summed E-state index contributed by atoms with van der Waals surface area (Å²) in [5, 5.41) is 8.84. The SMILES string of the molecule is C=C(C)CN1C(=O)C(C)SC1=NN=C1SC(OP(=O)(N(C)C)N(CCCl)CCCl)C(=O)N1C. The first-order chi connectivity index (χ1) is 15.5. The van der Waals surface area contributed by atoms with E-state index in [1.807, 2.05) is 6.92 Å². The van der Waals surface area contributed by atoms with Gasteiger partial charge in [0.2, 0.25) is 5.91 Å². The zero-order valence-corrected chi connectivity index (χ0v) is 23.3. The van der Waals surface area contributed by atoms with Gasteiger partial charge in [-0.2, -0.15) is 0 Å². The molecule has 0 aliphatic carbocycles. The monoisotopic (exact) mass is 558 g/mol. The molecular formula is C18H29Cl2N6O4PS2. The van der Waals surface area contributed by atoms with Crippen molar-refractivity contribution in [2.45, 2.75) is 24.5 Å². The molecule has 186 valence electrons. The van der Waals surface area contributed by atoms with Gasteiger partial charge in [-0.05, 0) is 39.7 Å². The lowest BCUT2D eigenvalue weighted by atomic mass is 10.3. The molecule has 0 aromatic rings. The van der Waals surface area contributed by atoms with E-state index in [0.29, 0.717) is 11.7 Å². The second-order valence-corrected chi connectivity index (χ2v) is 13.2. The Labute approximate surface area is 213 Å². The summed E-state index contributed by atoms with van der Waals surface area (Å²) in [7, 11) is 1.17. The van der Waals surface area contributed by atoms with Crippen LogP contribution in [0.15, 0.2) is 22.4 Å². The van der Waals surface area contributed by atoms with Crippen LogP contribution in [-0.4, -0.2) is 105 Å². The molecule has 0 spiro atoms. The van der Waals surface area contributed by atoms with E-state index in [0.717, 1.165) is 17.3 Å². The van der Waals surface area contributed by atoms with Gasteiger partial charge in [-0.25, -0.2) is 9.34 Å². The Bertz CT molecular complexity index is 884. The smallest absolute Gasteiger partial charge is 0.290 e. The predicted molar refractivity (Wildman–Crippen MR) is 138 cm³/mol. The summed E-state index contributed by atoms with van der Waals surface area (Å²) in [6, 6.07) is 0. The van der Waals surface area contributed by atoms with Crippen LogP contribution in [0.3, 0.4) is 0 Å². The highest BCUT2D eigenvalue weighted by Gasteiger charge is 2.45. The highest BCUT2D eigenvalue weighted by atomic mass is 35.5. The summed E-state index contributed by atoms with van der Waals surface area (Å²) in [5.41, 5.74) is -0.272. The number of hydrogen-bond donors (Lipinski definition) is 0. The lowest BCUT2D eigenvalue weighted by Crippen LogP contribution is -2.36. The number of amides is 2. The Hall–Kier alpha value is -0.590. The number of amidine groups is 2. The second-order valence-electron chi connectivity index (χ2n) is 7.53. The van der Waals surface area contributed by atoms with Gasteiger partial charge in [0, 0.05) is 38.4 Å². The van der Waals surface area contributed by atoms with Gasteiger partial charge in [0.15, 0.2) is 15.8 Å². The number of carbonyl (C=O) groups is 2. The molecule has 2 heterocycles. The minimum Gasteiger partial charge on any atom is -0.290 e. The van der Waals surface area contributed by atoms with Crippen molar-refractivity contribution in [3.63, 3.8) is 0 Å². The molecule has 0 bridgehead atoms. The van der Waals surface area contributed by atoms with E-state index in [9.17, 15) is 14.2 Å². The fraction of sp³-hybridized carbons (Fsp3) is 0.667. The van der Waals surface area contributed by atoms with E-state index in [1.54, 1.807) is 25.7 Å². The van der Waals surface area contributed by atoms with E-state index in [2.05, 4.69) is 16.8 Å². The molecule has 3 atom stereocenters. The van der Waals surface area contributed by atoms with Crippen molar-refractivity contribution in [3.05, 3.63) is 12.2 Å². The van der Waals surface area contributed by atoms with E-state index in [-0.39, 0.29) is 41.2 Å². The van der Waals surface area contributed by atoms with Crippen LogP contribution in [0, 0.1) is 0 Å². The minimum atomic E-state index is -3.58. The first-order valence-electron chi connectivity index (χ1n) is 10.0. The molecule has 0 N–H and O–H groups in total. The number of likely N-dealkylation sites (N-methyl/N-ethyl adjacent to an activating group) is 1. The molecule has 2 aliphatic rings. The van der Waals surface area contributed by atoms with E-state index < -0.39 is 19.0 Å². The van der Waals surface area contributed by atoms with E-state index >= 15 is 0 Å². The van der Waals surface area contributed by atoms with Crippen LogP contribution in [0.5, 0.6) is 0 Å². The number of thioether (sulfide) groups is 2. The summed E-state index contributed by atoms with van der Waals surface area (Å²) in [6.45, 7) is 8.38. The Balaban J connectivity index is 2.26. The van der Waals surface area contributed by atoms with Crippen LogP contribution >= 0.6 is 54.4 Å². The van der Waals surface area contributed by atoms with Gasteiger partial charge < -0.3 is 0 Å². The normalized spacial score (nSPS) is 25.8. The van der Waals surface area contributed by atoms with Crippen molar-refractivity contribution >= 4 is 76.5 Å². The maximum absolute atomic E-state index is 13.7. The molecule has 0 aromatic carbocycles. The Morgan fingerprint density at radius 3 is 2.24 bits per heavy atom. The van der Waals surface area contributed by atoms with Crippen molar-refractivity contribution in [3.8, 4) is 0 Å². The number of nitrogens with zero attached hydrogens (tertiary/aromatic N) is 6. The summed E-state index contributed by atoms with van der Waals surface area (Å²) >= 11 is 14.0. The molecule has 33 heavy (non-hydrogen) atoms. The molecule has 0 saturated carbocycles. The van der Waals surface area contributed by atoms with Crippen molar-refractivity contribution in [1.82, 2.24) is 19.1 Å². The van der Waals surface area contributed by atoms with Crippen LogP contribution in [0.2, 0.25) is 0 Å². The van der Waals surface area contributed by atoms with Crippen molar-refractivity contribution in [2.75, 3.05) is 52.5 Å². The van der Waals surface area contributed by atoms with Gasteiger partial charge in [0.05, 0.1) is 5.25 Å². The van der Waals surface area contributed by atoms with Gasteiger partial charge in [0.25, 0.3) is 5.91 Å². The minimum absolute atomic E-state index is 0.0720. The Morgan fingerprint density at radius 1 is 1.15 bits per heavy atom. The van der Waals surface area contributed by atoms with Gasteiger partial charge in [-0.1, -0.05) is 23.9 Å². The summed E-state index contributed by atoms with van der Waals surface area (Å²) < 4.78 is 22.6. The maximum atomic E-state index is 13.7. The summed E-state index contributed by atoms with van der Waals surface area (Å²) in [6.07, 6.45) is 0. The second kappa shape index (κ2) is 12.4. The molecule has 2 rings (SSSR count). The molecule has 3 unspecified atom stereocenters. The van der Waals surface area contributed by atoms with Gasteiger partial charge >= 0.3 is 7.67 Å². The van der Waals surface area contributed by atoms with Crippen LogP contribution in [0.4, 0.5) is 0 Å². The molecular weight excluding hydrogens is 530 g/mol. The van der Waals surface area contributed by atoms with Crippen LogP contribution in [0.25, 0.3) is 0 Å². The molecule has 0 aromatic heterocycles. The fourth-order valence-electron chi connectivity index (χ4n) is 2.90. The molecule has 0 radical (unpaired) electrons. The molecule has 2 aliphatic heterocycles. The number of hydrogen-bond acceptors (Lipinski definition) is 8. The first kappa shape index (κ1) is 28.6. The lowest BCUT2D eigenvalue weighted by molar-refractivity contribution is -0.129. The highest BCUT2D eigenvalue weighted by molar-refractivity contribution is 8.16. The maximum Gasteiger partial charge on any atom is 0.347 e. The van der Waals surface area contributed by atoms with E-state index in [4.69, 9.17) is 27.7 Å². The third-order valence-corrected chi connectivity index (χ3v) is 9.83. The molecule has 15 heteroatoms. The topological polar surface area (TPSA) is 98.1 Å². The van der Waals surface area contributed by atoms with Crippen molar-refractivity contribution < 1.29 is 18.7 Å². The van der Waals surface area contributed by atoms with Crippen LogP contribution < -0.4 is 0 Å². The number of rotatable bonds is 11.